The van der Waals surface area contributed by atoms with Crippen LogP contribution in [0.2, 0.25) is 0 Å². The van der Waals surface area contributed by atoms with Gasteiger partial charge in [-0.25, -0.2) is 13.8 Å². The highest BCUT2D eigenvalue weighted by Crippen LogP contribution is 2.44. The van der Waals surface area contributed by atoms with E-state index in [9.17, 15) is 13.9 Å². The molecular formula is C18H24F2N2O. The zero-order chi connectivity index (χ0) is 17.0. The third-order valence-electron chi connectivity index (χ3n) is 4.82. The summed E-state index contributed by atoms with van der Waals surface area (Å²) < 4.78 is 30.1. The summed E-state index contributed by atoms with van der Waals surface area (Å²) in [6, 6.07) is 0. The molecule has 0 aliphatic heterocycles. The van der Waals surface area contributed by atoms with Crippen LogP contribution in [0.1, 0.15) is 52.8 Å². The number of nitrogens with zero attached hydrogens (tertiary/aromatic N) is 2. The number of imidazole rings is 1. The average Bonchev–Trinajstić information content (AvgIpc) is 3.18. The molecule has 0 atom stereocenters. The van der Waals surface area contributed by atoms with E-state index in [1.165, 1.54) is 6.08 Å². The van der Waals surface area contributed by atoms with Crippen LogP contribution in [0, 0.1) is 5.92 Å². The normalized spacial score (nSPS) is 20.0. The number of halogens is 2. The molecule has 0 radical (unpaired) electrons. The summed E-state index contributed by atoms with van der Waals surface area (Å²) in [5.41, 5.74) is -0.938. The largest absolute Gasteiger partial charge is 0.383 e. The Labute approximate surface area is 135 Å². The smallest absolute Gasteiger partial charge is 0.150 e. The highest BCUT2D eigenvalue weighted by Gasteiger charge is 2.48. The van der Waals surface area contributed by atoms with Crippen LogP contribution < -0.4 is 10.7 Å². The molecule has 0 bridgehead atoms. The van der Waals surface area contributed by atoms with E-state index in [0.717, 1.165) is 5.57 Å². The van der Waals surface area contributed by atoms with E-state index in [4.69, 9.17) is 0 Å². The number of fused-ring (bicyclic) bond motifs is 1. The van der Waals surface area contributed by atoms with Gasteiger partial charge in [0.2, 0.25) is 0 Å². The Kier molecular flexibility index (Phi) is 3.75. The molecule has 1 aromatic rings. The molecule has 1 saturated carbocycles. The van der Waals surface area contributed by atoms with Crippen LogP contribution in [0.4, 0.5) is 8.78 Å². The van der Waals surface area contributed by atoms with E-state index in [2.05, 4.69) is 4.98 Å². The molecule has 2 aliphatic rings. The number of allylic oxidation sites excluding steroid dienone is 2. The van der Waals surface area contributed by atoms with Crippen molar-refractivity contribution < 1.29 is 13.9 Å². The van der Waals surface area contributed by atoms with Crippen molar-refractivity contribution in [1.82, 2.24) is 9.55 Å². The molecule has 23 heavy (non-hydrogen) atoms. The maximum atomic E-state index is 14.7. The minimum absolute atomic E-state index is 0.220. The van der Waals surface area contributed by atoms with Crippen LogP contribution in [0.3, 0.4) is 0 Å². The molecule has 0 saturated heterocycles. The Morgan fingerprint density at radius 3 is 2.52 bits per heavy atom. The van der Waals surface area contributed by atoms with E-state index < -0.39 is 23.6 Å². The van der Waals surface area contributed by atoms with Crippen molar-refractivity contribution in [2.75, 3.05) is 6.67 Å². The molecule has 1 fully saturated rings. The molecule has 126 valence electrons. The predicted molar refractivity (Wildman–Crippen MR) is 86.4 cm³/mol. The number of rotatable bonds is 4. The fourth-order valence-electron chi connectivity index (χ4n) is 3.16. The van der Waals surface area contributed by atoms with Crippen molar-refractivity contribution in [2.45, 2.75) is 58.1 Å². The molecular weight excluding hydrogens is 298 g/mol. The first kappa shape index (κ1) is 16.4. The maximum absolute atomic E-state index is 14.7. The standard InChI is InChI=1S/C18H24F2N2O/c1-11(2)12-5-6-14-15(13(20)9-12)21-16(17(3,4)23)22(14)18(10-19)7-8-18/h6,9,11,23H,5,7-8,10H2,1-4H3. The Bertz CT molecular complexity index is 777. The van der Waals surface area contributed by atoms with E-state index in [-0.39, 0.29) is 11.3 Å². The Balaban J connectivity index is 2.32. The topological polar surface area (TPSA) is 38.1 Å². The van der Waals surface area contributed by atoms with Gasteiger partial charge < -0.3 is 9.67 Å². The summed E-state index contributed by atoms with van der Waals surface area (Å²) in [5, 5.41) is 11.3. The van der Waals surface area contributed by atoms with Gasteiger partial charge in [-0.3, -0.25) is 0 Å². The second-order valence-corrected chi connectivity index (χ2v) is 7.55. The molecule has 0 spiro atoms. The van der Waals surface area contributed by atoms with Crippen LogP contribution in [-0.4, -0.2) is 21.3 Å². The molecule has 2 aliphatic carbocycles. The van der Waals surface area contributed by atoms with Crippen molar-refractivity contribution in [1.29, 1.82) is 0 Å². The van der Waals surface area contributed by atoms with Crippen LogP contribution in [0.25, 0.3) is 11.9 Å². The summed E-state index contributed by atoms with van der Waals surface area (Å²) in [5.74, 6) is 0.168. The minimum Gasteiger partial charge on any atom is -0.383 e. The van der Waals surface area contributed by atoms with Gasteiger partial charge in [-0.15, -0.1) is 0 Å². The summed E-state index contributed by atoms with van der Waals surface area (Å²) in [7, 11) is 0. The van der Waals surface area contributed by atoms with Gasteiger partial charge in [0.1, 0.15) is 23.4 Å². The number of hydrogen-bond acceptors (Lipinski definition) is 2. The van der Waals surface area contributed by atoms with Crippen LogP contribution >= 0.6 is 0 Å². The Morgan fingerprint density at radius 1 is 1.39 bits per heavy atom. The second-order valence-electron chi connectivity index (χ2n) is 7.55. The lowest BCUT2D eigenvalue weighted by Crippen LogP contribution is -2.39. The number of hydrogen-bond donors (Lipinski definition) is 1. The molecule has 1 heterocycles. The first-order valence-corrected chi connectivity index (χ1v) is 8.18. The molecule has 3 nitrogen and oxygen atoms in total. The molecule has 5 heteroatoms. The SMILES string of the molecule is CC(C)C1=CC(F)=c2nc(C(C)(C)O)n(C3(CF)CC3)c2=CC1. The molecule has 0 aromatic carbocycles. The van der Waals surface area contributed by atoms with Gasteiger partial charge in [-0.2, -0.15) is 0 Å². The van der Waals surface area contributed by atoms with E-state index in [1.54, 1.807) is 18.4 Å². The van der Waals surface area contributed by atoms with Gasteiger partial charge in [-0.05, 0) is 45.1 Å². The van der Waals surface area contributed by atoms with Crippen LogP contribution in [-0.2, 0) is 11.1 Å². The lowest BCUT2D eigenvalue weighted by molar-refractivity contribution is 0.0605. The van der Waals surface area contributed by atoms with E-state index >= 15 is 0 Å². The maximum Gasteiger partial charge on any atom is 0.150 e. The minimum atomic E-state index is -1.25. The van der Waals surface area contributed by atoms with Gasteiger partial charge in [-0.1, -0.05) is 25.5 Å². The van der Waals surface area contributed by atoms with Crippen molar-refractivity contribution in [2.24, 2.45) is 5.92 Å². The zero-order valence-corrected chi connectivity index (χ0v) is 14.2. The number of aromatic nitrogens is 2. The second kappa shape index (κ2) is 5.26. The van der Waals surface area contributed by atoms with Crippen molar-refractivity contribution in [3.05, 3.63) is 28.2 Å². The number of alkyl halides is 1. The highest BCUT2D eigenvalue weighted by atomic mass is 19.1. The first-order chi connectivity index (χ1) is 10.7. The quantitative estimate of drug-likeness (QED) is 0.924. The number of aliphatic hydroxyl groups is 1. The van der Waals surface area contributed by atoms with Gasteiger partial charge in [0, 0.05) is 0 Å². The fourth-order valence-corrected chi connectivity index (χ4v) is 3.16. The third-order valence-corrected chi connectivity index (χ3v) is 4.82. The lowest BCUT2D eigenvalue weighted by atomic mass is 10.00. The summed E-state index contributed by atoms with van der Waals surface area (Å²) in [6.07, 6.45) is 5.45. The lowest BCUT2D eigenvalue weighted by Gasteiger charge is -2.24. The van der Waals surface area contributed by atoms with Crippen LogP contribution in [0.15, 0.2) is 11.6 Å². The van der Waals surface area contributed by atoms with E-state index in [0.29, 0.717) is 30.4 Å². The summed E-state index contributed by atoms with van der Waals surface area (Å²) >= 11 is 0. The molecule has 1 aromatic heterocycles. The summed E-state index contributed by atoms with van der Waals surface area (Å²) in [4.78, 5) is 4.37. The van der Waals surface area contributed by atoms with Gasteiger partial charge >= 0.3 is 0 Å². The monoisotopic (exact) mass is 322 g/mol. The van der Waals surface area contributed by atoms with Crippen molar-refractivity contribution in [3.63, 3.8) is 0 Å². The first-order valence-electron chi connectivity index (χ1n) is 8.18. The Morgan fingerprint density at radius 2 is 2.04 bits per heavy atom. The molecule has 0 unspecified atom stereocenters. The van der Waals surface area contributed by atoms with E-state index in [1.807, 2.05) is 19.9 Å². The molecule has 3 rings (SSSR count). The fraction of sp³-hybridized carbons (Fsp3) is 0.611. The zero-order valence-electron chi connectivity index (χ0n) is 14.2. The highest BCUT2D eigenvalue weighted by molar-refractivity contribution is 5.54. The Hall–Kier alpha value is -1.49. The van der Waals surface area contributed by atoms with Crippen molar-refractivity contribution in [3.8, 4) is 0 Å². The average molecular weight is 322 g/mol. The van der Waals surface area contributed by atoms with Crippen LogP contribution in [0.5, 0.6) is 0 Å². The molecule has 1 N–H and O–H groups in total. The van der Waals surface area contributed by atoms with Gasteiger partial charge in [0.05, 0.1) is 10.9 Å². The van der Waals surface area contributed by atoms with Gasteiger partial charge in [0.25, 0.3) is 0 Å². The molecule has 0 amide bonds. The predicted octanol–water partition coefficient (Wildman–Crippen LogP) is 2.41. The summed E-state index contributed by atoms with van der Waals surface area (Å²) in [6.45, 7) is 6.73. The van der Waals surface area contributed by atoms with Crippen molar-refractivity contribution >= 4 is 11.9 Å². The van der Waals surface area contributed by atoms with Gasteiger partial charge in [0.15, 0.2) is 5.83 Å². The third kappa shape index (κ3) is 2.65.